The van der Waals surface area contributed by atoms with Crippen molar-refractivity contribution >= 4 is 0 Å². The summed E-state index contributed by atoms with van der Waals surface area (Å²) < 4.78 is 0. The molecule has 0 aromatic carbocycles. The van der Waals surface area contributed by atoms with Crippen LogP contribution >= 0.6 is 0 Å². The summed E-state index contributed by atoms with van der Waals surface area (Å²) >= 11 is 0. The van der Waals surface area contributed by atoms with Crippen LogP contribution in [0.15, 0.2) is 0 Å². The van der Waals surface area contributed by atoms with Crippen LogP contribution in [0.25, 0.3) is 0 Å². The van der Waals surface area contributed by atoms with Gasteiger partial charge in [-0.15, -0.1) is 0 Å². The fourth-order valence-electron chi connectivity index (χ4n) is 1.75. The van der Waals surface area contributed by atoms with Gasteiger partial charge in [-0.25, -0.2) is 0 Å². The normalized spacial score (nSPS) is 21.8. The van der Waals surface area contributed by atoms with Crippen molar-refractivity contribution in [2.24, 2.45) is 10.8 Å². The molecule has 0 N–H and O–H groups in total. The molecule has 2 aliphatic rings. The van der Waals surface area contributed by atoms with E-state index in [1.54, 1.807) is 0 Å². The van der Waals surface area contributed by atoms with Crippen molar-refractivity contribution in [3.8, 4) is 0 Å². The van der Waals surface area contributed by atoms with Gasteiger partial charge >= 0.3 is 22.4 Å². The van der Waals surface area contributed by atoms with Gasteiger partial charge in [0.2, 0.25) is 0 Å². The quantitative estimate of drug-likeness (QED) is 0.548. The van der Waals surface area contributed by atoms with Gasteiger partial charge in [-0.2, -0.15) is 0 Å². The Morgan fingerprint density at radius 2 is 0.737 bits per heavy atom. The molecular weight excluding hydrogens is 397 g/mol. The standard InChI is InChI=1S/2C9H13.Ta.3H/c2*1-9(2,3)8-6-4-5-7-8;;;;/h2*4-7H,1-3H3;;;;. The van der Waals surface area contributed by atoms with E-state index in [0.29, 0.717) is 10.8 Å². The Balaban J connectivity index is 0.000000324. The molecule has 0 amide bonds. The third-order valence-electron chi connectivity index (χ3n) is 3.06. The Bertz CT molecular complexity index is 193. The Morgan fingerprint density at radius 1 is 0.526 bits per heavy atom. The minimum absolute atomic E-state index is 0. The summed E-state index contributed by atoms with van der Waals surface area (Å²) in [5.41, 5.74) is 0.646. The summed E-state index contributed by atoms with van der Waals surface area (Å²) in [5, 5.41) is 0. The van der Waals surface area contributed by atoms with E-state index in [4.69, 9.17) is 0 Å². The first-order chi connectivity index (χ1) is 8.21. The van der Waals surface area contributed by atoms with Gasteiger partial charge in [0.05, 0.1) is 0 Å². The van der Waals surface area contributed by atoms with Crippen molar-refractivity contribution in [2.75, 3.05) is 0 Å². The molecule has 106 valence electrons. The van der Waals surface area contributed by atoms with Crippen LogP contribution in [-0.4, -0.2) is 0 Å². The number of rotatable bonds is 0. The molecule has 2 fully saturated rings. The maximum atomic E-state index is 2.22. The van der Waals surface area contributed by atoms with Gasteiger partial charge in [-0.3, -0.25) is 0 Å². The van der Waals surface area contributed by atoms with Crippen molar-refractivity contribution in [3.05, 3.63) is 63.2 Å². The monoisotopic (exact) mass is 426 g/mol. The Kier molecular flexibility index (Phi) is 8.57. The third kappa shape index (κ3) is 7.34. The second-order valence-corrected chi connectivity index (χ2v) is 6.85. The van der Waals surface area contributed by atoms with Crippen molar-refractivity contribution < 1.29 is 22.4 Å². The predicted octanol–water partition coefficient (Wildman–Crippen LogP) is 4.07. The molecule has 0 unspecified atom stereocenters. The first-order valence-corrected chi connectivity index (χ1v) is 6.65. The van der Waals surface area contributed by atoms with Gasteiger partial charge in [-0.05, 0) is 74.0 Å². The fraction of sp³-hybridized carbons (Fsp3) is 0.444. The van der Waals surface area contributed by atoms with E-state index in [-0.39, 0.29) is 22.4 Å². The van der Waals surface area contributed by atoms with Gasteiger partial charge < -0.3 is 0 Å². The molecule has 0 atom stereocenters. The van der Waals surface area contributed by atoms with Crippen molar-refractivity contribution in [2.45, 2.75) is 41.5 Å². The topological polar surface area (TPSA) is 0 Å². The van der Waals surface area contributed by atoms with Gasteiger partial charge in [-0.1, -0.05) is 41.5 Å². The molecule has 0 aromatic heterocycles. The summed E-state index contributed by atoms with van der Waals surface area (Å²) in [6, 6.07) is 0. The molecule has 0 heterocycles. The molecule has 0 aliphatic heterocycles. The van der Waals surface area contributed by atoms with E-state index >= 15 is 0 Å². The minimum atomic E-state index is 0. The molecule has 0 spiro atoms. The summed E-state index contributed by atoms with van der Waals surface area (Å²) in [4.78, 5) is 0. The second kappa shape index (κ2) is 8.25. The van der Waals surface area contributed by atoms with E-state index < -0.39 is 0 Å². The average Bonchev–Trinajstić information content (AvgIpc) is 2.91. The zero-order valence-electron chi connectivity index (χ0n) is 13.3. The zero-order valence-corrected chi connectivity index (χ0v) is 18.4. The van der Waals surface area contributed by atoms with Crippen LogP contribution in [0.4, 0.5) is 0 Å². The van der Waals surface area contributed by atoms with Gasteiger partial charge in [0, 0.05) is 0 Å². The first kappa shape index (κ1) is 19.7. The number of hydrogen-bond donors (Lipinski definition) is 0. The summed E-state index contributed by atoms with van der Waals surface area (Å²) in [7, 11) is 0. The molecule has 2 aliphatic carbocycles. The van der Waals surface area contributed by atoms with Crippen LogP contribution < -0.4 is 0 Å². The SMILES string of the molecule is CC(C)(C)[C]1[CH][CH][CH][CH]1.CC(C)(C)[C]1[CH][CH][CH][CH]1.[TaH3]. The predicted molar refractivity (Wildman–Crippen MR) is 84.0 cm³/mol. The van der Waals surface area contributed by atoms with Gasteiger partial charge in [0.1, 0.15) is 0 Å². The van der Waals surface area contributed by atoms with Crippen molar-refractivity contribution in [1.82, 2.24) is 0 Å². The summed E-state index contributed by atoms with van der Waals surface area (Å²) in [5.74, 6) is 2.84. The van der Waals surface area contributed by atoms with E-state index in [0.717, 1.165) is 0 Å². The van der Waals surface area contributed by atoms with Crippen LogP contribution in [0.2, 0.25) is 0 Å². The molecule has 11 radical (unpaired) electrons. The summed E-state index contributed by atoms with van der Waals surface area (Å²) in [6.45, 7) is 13.3. The van der Waals surface area contributed by atoms with Crippen LogP contribution in [0.5, 0.6) is 0 Å². The first-order valence-electron chi connectivity index (χ1n) is 6.65. The molecule has 0 saturated heterocycles. The fourth-order valence-corrected chi connectivity index (χ4v) is 1.75. The molecule has 2 saturated carbocycles. The molecular formula is C18H29Ta. The molecule has 0 nitrogen and oxygen atoms in total. The zero-order chi connectivity index (χ0) is 13.8. The summed E-state index contributed by atoms with van der Waals surface area (Å²) in [6.07, 6.45) is 17.0. The Labute approximate surface area is 138 Å². The Morgan fingerprint density at radius 3 is 0.842 bits per heavy atom. The van der Waals surface area contributed by atoms with Gasteiger partial charge in [0.25, 0.3) is 0 Å². The maximum absolute atomic E-state index is 2.22. The third-order valence-corrected chi connectivity index (χ3v) is 3.06. The molecule has 2 rings (SSSR count). The van der Waals surface area contributed by atoms with E-state index in [1.165, 1.54) is 11.8 Å². The average molecular weight is 426 g/mol. The van der Waals surface area contributed by atoms with Crippen LogP contribution in [-0.2, 0) is 22.4 Å². The van der Waals surface area contributed by atoms with Crippen LogP contribution in [0.1, 0.15) is 41.5 Å². The molecule has 0 aromatic rings. The van der Waals surface area contributed by atoms with Crippen LogP contribution in [0.3, 0.4) is 0 Å². The molecule has 19 heavy (non-hydrogen) atoms. The second-order valence-electron chi connectivity index (χ2n) is 6.85. The van der Waals surface area contributed by atoms with Crippen molar-refractivity contribution in [3.63, 3.8) is 0 Å². The van der Waals surface area contributed by atoms with Crippen LogP contribution in [0, 0.1) is 74.0 Å². The van der Waals surface area contributed by atoms with Crippen molar-refractivity contribution in [1.29, 1.82) is 0 Å². The van der Waals surface area contributed by atoms with E-state index in [9.17, 15) is 0 Å². The van der Waals surface area contributed by atoms with E-state index in [2.05, 4.69) is 92.9 Å². The molecule has 0 bridgehead atoms. The van der Waals surface area contributed by atoms with E-state index in [1.807, 2.05) is 0 Å². The van der Waals surface area contributed by atoms with Gasteiger partial charge in [0.15, 0.2) is 0 Å². The number of hydrogen-bond acceptors (Lipinski definition) is 0. The molecule has 1 heteroatoms. The Hall–Kier alpha value is 0.740.